The first-order valence-corrected chi connectivity index (χ1v) is 7.99. The zero-order valence-corrected chi connectivity index (χ0v) is 13.4. The average molecular weight is 334 g/mol. The number of pyridine rings is 1. The van der Waals surface area contributed by atoms with Gasteiger partial charge in [-0.1, -0.05) is 13.0 Å². The van der Waals surface area contributed by atoms with Crippen molar-refractivity contribution in [2.24, 2.45) is 0 Å². The van der Waals surface area contributed by atoms with Crippen LogP contribution in [0.4, 0.5) is 13.2 Å². The summed E-state index contributed by atoms with van der Waals surface area (Å²) in [4.78, 5) is 4.57. The zero-order chi connectivity index (χ0) is 16.2. The fourth-order valence-corrected chi connectivity index (χ4v) is 2.70. The second kappa shape index (κ2) is 7.66. The van der Waals surface area contributed by atoms with Crippen molar-refractivity contribution in [2.45, 2.75) is 37.9 Å². The maximum absolute atomic E-state index is 12.3. The van der Waals surface area contributed by atoms with E-state index in [2.05, 4.69) is 22.9 Å². The summed E-state index contributed by atoms with van der Waals surface area (Å²) < 4.78 is 42.3. The predicted octanol–water partition coefficient (Wildman–Crippen LogP) is 3.27. The summed E-state index contributed by atoms with van der Waals surface area (Å²) in [5.74, 6) is 1.03. The number of thiol groups is 1. The van der Waals surface area contributed by atoms with Gasteiger partial charge in [0.25, 0.3) is 0 Å². The molecule has 2 atom stereocenters. The number of alkyl halides is 3. The molecule has 1 aliphatic rings. The lowest BCUT2D eigenvalue weighted by Gasteiger charge is -2.18. The van der Waals surface area contributed by atoms with Crippen molar-refractivity contribution in [3.8, 4) is 0 Å². The maximum atomic E-state index is 12.3. The summed E-state index contributed by atoms with van der Waals surface area (Å²) in [7, 11) is 0. The Kier molecular flexibility index (Phi) is 6.11. The van der Waals surface area contributed by atoms with Crippen LogP contribution in [0.1, 0.15) is 42.1 Å². The van der Waals surface area contributed by atoms with Gasteiger partial charge in [0.05, 0.1) is 18.8 Å². The molecule has 1 aromatic heterocycles. The third kappa shape index (κ3) is 4.86. The third-order valence-corrected chi connectivity index (χ3v) is 4.34. The standard InChI is InChI=1S/C15H21F3N2OS/c1-10(8-22)13-3-2-12(11-4-5-21-7-11)14(20-13)6-19-9-15(16,17)18/h2-3,10-11,19,22H,4-9H2,1H3. The number of hydrogen-bond donors (Lipinski definition) is 2. The van der Waals surface area contributed by atoms with Gasteiger partial charge in [0, 0.05) is 30.7 Å². The monoisotopic (exact) mass is 334 g/mol. The Balaban J connectivity index is 2.17. The van der Waals surface area contributed by atoms with Crippen LogP contribution in [-0.4, -0.2) is 36.7 Å². The highest BCUT2D eigenvalue weighted by Gasteiger charge is 2.27. The Bertz CT molecular complexity index is 490. The lowest BCUT2D eigenvalue weighted by molar-refractivity contribution is -0.125. The van der Waals surface area contributed by atoms with E-state index in [1.165, 1.54) is 0 Å². The number of aromatic nitrogens is 1. The van der Waals surface area contributed by atoms with Crippen molar-refractivity contribution in [3.63, 3.8) is 0 Å². The Morgan fingerprint density at radius 2 is 2.23 bits per heavy atom. The summed E-state index contributed by atoms with van der Waals surface area (Å²) in [5, 5.41) is 2.44. The van der Waals surface area contributed by atoms with Crippen LogP contribution in [0.2, 0.25) is 0 Å². The summed E-state index contributed by atoms with van der Waals surface area (Å²) in [6.07, 6.45) is -3.33. The summed E-state index contributed by atoms with van der Waals surface area (Å²) in [5.41, 5.74) is 2.54. The van der Waals surface area contributed by atoms with Gasteiger partial charge >= 0.3 is 6.18 Å². The van der Waals surface area contributed by atoms with E-state index in [0.717, 1.165) is 17.7 Å². The highest BCUT2D eigenvalue weighted by atomic mass is 32.1. The third-order valence-electron chi connectivity index (χ3n) is 3.80. The molecule has 1 fully saturated rings. The molecule has 0 amide bonds. The molecule has 2 heterocycles. The van der Waals surface area contributed by atoms with E-state index in [9.17, 15) is 13.2 Å². The summed E-state index contributed by atoms with van der Waals surface area (Å²) >= 11 is 4.26. The van der Waals surface area contributed by atoms with Crippen LogP contribution in [0, 0.1) is 0 Å². The van der Waals surface area contributed by atoms with Crippen LogP contribution in [0.15, 0.2) is 12.1 Å². The van der Waals surface area contributed by atoms with Crippen LogP contribution >= 0.6 is 12.6 Å². The van der Waals surface area contributed by atoms with Crippen LogP contribution in [-0.2, 0) is 11.3 Å². The quantitative estimate of drug-likeness (QED) is 0.784. The molecule has 2 rings (SSSR count). The van der Waals surface area contributed by atoms with E-state index in [1.807, 2.05) is 19.1 Å². The molecule has 1 saturated heterocycles. The first kappa shape index (κ1) is 17.6. The van der Waals surface area contributed by atoms with Gasteiger partial charge in [-0.3, -0.25) is 4.98 Å². The minimum atomic E-state index is -4.22. The fraction of sp³-hybridized carbons (Fsp3) is 0.667. The first-order valence-electron chi connectivity index (χ1n) is 7.36. The lowest BCUT2D eigenvalue weighted by atomic mass is 9.95. The number of nitrogens with zero attached hydrogens (tertiary/aromatic N) is 1. The molecule has 1 aliphatic heterocycles. The van der Waals surface area contributed by atoms with E-state index in [1.54, 1.807) is 0 Å². The SMILES string of the molecule is CC(CS)c1ccc(C2CCOC2)c(CNCC(F)(F)F)n1. The van der Waals surface area contributed by atoms with Gasteiger partial charge in [0.2, 0.25) is 0 Å². The van der Waals surface area contributed by atoms with Crippen molar-refractivity contribution >= 4 is 12.6 Å². The number of nitrogens with one attached hydrogen (secondary N) is 1. The minimum Gasteiger partial charge on any atom is -0.381 e. The van der Waals surface area contributed by atoms with E-state index in [4.69, 9.17) is 4.74 Å². The number of rotatable bonds is 6. The summed E-state index contributed by atoms with van der Waals surface area (Å²) in [6.45, 7) is 2.39. The molecular formula is C15H21F3N2OS. The van der Waals surface area contributed by atoms with Gasteiger partial charge in [-0.15, -0.1) is 0 Å². The molecule has 2 unspecified atom stereocenters. The lowest BCUT2D eigenvalue weighted by Crippen LogP contribution is -2.29. The molecular weight excluding hydrogens is 313 g/mol. The van der Waals surface area contributed by atoms with Crippen LogP contribution in [0.3, 0.4) is 0 Å². The number of ether oxygens (including phenoxy) is 1. The minimum absolute atomic E-state index is 0.110. The molecule has 0 radical (unpaired) electrons. The van der Waals surface area contributed by atoms with Crippen molar-refractivity contribution in [3.05, 3.63) is 29.1 Å². The average Bonchev–Trinajstić information content (AvgIpc) is 2.99. The molecule has 22 heavy (non-hydrogen) atoms. The highest BCUT2D eigenvalue weighted by Crippen LogP contribution is 2.29. The van der Waals surface area contributed by atoms with E-state index < -0.39 is 12.7 Å². The number of hydrogen-bond acceptors (Lipinski definition) is 4. The van der Waals surface area contributed by atoms with Crippen molar-refractivity contribution < 1.29 is 17.9 Å². The molecule has 0 aliphatic carbocycles. The maximum Gasteiger partial charge on any atom is 0.401 e. The van der Waals surface area contributed by atoms with Crippen molar-refractivity contribution in [2.75, 3.05) is 25.5 Å². The molecule has 7 heteroatoms. The van der Waals surface area contributed by atoms with Crippen LogP contribution in [0.25, 0.3) is 0 Å². The van der Waals surface area contributed by atoms with Crippen molar-refractivity contribution in [1.29, 1.82) is 0 Å². The van der Waals surface area contributed by atoms with Crippen LogP contribution < -0.4 is 5.32 Å². The second-order valence-corrected chi connectivity index (χ2v) is 6.00. The van der Waals surface area contributed by atoms with E-state index >= 15 is 0 Å². The topological polar surface area (TPSA) is 34.1 Å². The van der Waals surface area contributed by atoms with Gasteiger partial charge in [-0.05, 0) is 23.8 Å². The normalized spacial score (nSPS) is 20.3. The molecule has 0 saturated carbocycles. The smallest absolute Gasteiger partial charge is 0.381 e. The van der Waals surface area contributed by atoms with Gasteiger partial charge in [-0.25, -0.2) is 0 Å². The highest BCUT2D eigenvalue weighted by molar-refractivity contribution is 7.80. The molecule has 1 N–H and O–H groups in total. The Labute approximate surface area is 134 Å². The Morgan fingerprint density at radius 1 is 1.45 bits per heavy atom. The summed E-state index contributed by atoms with van der Waals surface area (Å²) in [6, 6.07) is 3.92. The molecule has 0 bridgehead atoms. The largest absolute Gasteiger partial charge is 0.401 e. The Morgan fingerprint density at radius 3 is 2.82 bits per heavy atom. The van der Waals surface area contributed by atoms with E-state index in [-0.39, 0.29) is 18.4 Å². The van der Waals surface area contributed by atoms with Gasteiger partial charge in [0.15, 0.2) is 0 Å². The predicted molar refractivity (Wildman–Crippen MR) is 82.4 cm³/mol. The van der Waals surface area contributed by atoms with E-state index in [0.29, 0.717) is 24.7 Å². The molecule has 0 spiro atoms. The molecule has 0 aromatic carbocycles. The first-order chi connectivity index (χ1) is 10.4. The van der Waals surface area contributed by atoms with Crippen molar-refractivity contribution in [1.82, 2.24) is 10.3 Å². The Hall–Kier alpha value is -0.790. The van der Waals surface area contributed by atoms with Gasteiger partial charge < -0.3 is 10.1 Å². The molecule has 1 aromatic rings. The molecule has 3 nitrogen and oxygen atoms in total. The van der Waals surface area contributed by atoms with Gasteiger partial charge in [0.1, 0.15) is 0 Å². The number of halogens is 3. The molecule has 124 valence electrons. The van der Waals surface area contributed by atoms with Gasteiger partial charge in [-0.2, -0.15) is 25.8 Å². The fourth-order valence-electron chi connectivity index (χ4n) is 2.51. The zero-order valence-electron chi connectivity index (χ0n) is 12.5. The van der Waals surface area contributed by atoms with Crippen LogP contribution in [0.5, 0.6) is 0 Å². The second-order valence-electron chi connectivity index (χ2n) is 5.63.